The third-order valence-corrected chi connectivity index (χ3v) is 3.68. The number of hydrogen-bond acceptors (Lipinski definition) is 2. The normalized spacial score (nSPS) is 11.0. The summed E-state index contributed by atoms with van der Waals surface area (Å²) in [6, 6.07) is 12.9. The van der Waals surface area contributed by atoms with Gasteiger partial charge in [0.1, 0.15) is 11.6 Å². The summed E-state index contributed by atoms with van der Waals surface area (Å²) >= 11 is 5.92. The zero-order valence-corrected chi connectivity index (χ0v) is 14.0. The molecule has 1 amide bonds. The summed E-state index contributed by atoms with van der Waals surface area (Å²) in [7, 11) is 0. The van der Waals surface area contributed by atoms with Crippen LogP contribution in [0.1, 0.15) is 22.3 Å². The van der Waals surface area contributed by atoms with Crippen molar-refractivity contribution in [3.05, 3.63) is 69.2 Å². The summed E-state index contributed by atoms with van der Waals surface area (Å²) in [4.78, 5) is 12.4. The number of benzene rings is 2. The van der Waals surface area contributed by atoms with E-state index in [1.165, 1.54) is 6.08 Å². The molecule has 0 radical (unpaired) electrons. The number of anilines is 1. The van der Waals surface area contributed by atoms with Crippen molar-refractivity contribution in [2.24, 2.45) is 0 Å². The van der Waals surface area contributed by atoms with Gasteiger partial charge >= 0.3 is 0 Å². The summed E-state index contributed by atoms with van der Waals surface area (Å²) in [6.07, 6.45) is 1.53. The fraction of sp³-hybridized carbons (Fsp3) is 0.158. The molecular weight excluding hydrogens is 308 g/mol. The lowest BCUT2D eigenvalue weighted by molar-refractivity contribution is -0.112. The fourth-order valence-corrected chi connectivity index (χ4v) is 2.67. The van der Waals surface area contributed by atoms with Crippen LogP contribution in [-0.2, 0) is 4.79 Å². The molecule has 0 aliphatic carbocycles. The van der Waals surface area contributed by atoms with Gasteiger partial charge in [0.15, 0.2) is 0 Å². The number of nitriles is 1. The second-order valence-electron chi connectivity index (χ2n) is 5.45. The molecule has 0 heterocycles. The molecule has 0 unspecified atom stereocenters. The van der Waals surface area contributed by atoms with E-state index < -0.39 is 5.91 Å². The predicted octanol–water partition coefficient (Wildman–Crippen LogP) is 4.81. The van der Waals surface area contributed by atoms with Gasteiger partial charge < -0.3 is 5.32 Å². The molecule has 2 aromatic rings. The minimum Gasteiger partial charge on any atom is -0.321 e. The van der Waals surface area contributed by atoms with E-state index in [1.54, 1.807) is 24.3 Å². The highest BCUT2D eigenvalue weighted by molar-refractivity contribution is 6.30. The van der Waals surface area contributed by atoms with Crippen LogP contribution < -0.4 is 5.32 Å². The Kier molecular flexibility index (Phi) is 5.20. The predicted molar refractivity (Wildman–Crippen MR) is 94.3 cm³/mol. The van der Waals surface area contributed by atoms with E-state index in [9.17, 15) is 10.1 Å². The average Bonchev–Trinajstić information content (AvgIpc) is 2.48. The number of carbonyl (C=O) groups is 1. The monoisotopic (exact) mass is 324 g/mol. The van der Waals surface area contributed by atoms with Crippen molar-refractivity contribution < 1.29 is 4.79 Å². The number of nitrogens with one attached hydrogen (secondary N) is 1. The Balaban J connectivity index is 2.30. The lowest BCUT2D eigenvalue weighted by Crippen LogP contribution is -2.15. The lowest BCUT2D eigenvalue weighted by Gasteiger charge is -2.12. The Hall–Kier alpha value is -2.57. The van der Waals surface area contributed by atoms with Gasteiger partial charge in [-0.25, -0.2) is 0 Å². The Labute approximate surface area is 141 Å². The first kappa shape index (κ1) is 16.8. The third-order valence-electron chi connectivity index (χ3n) is 3.44. The molecule has 0 spiro atoms. The van der Waals surface area contributed by atoms with E-state index in [4.69, 9.17) is 11.6 Å². The highest BCUT2D eigenvalue weighted by Crippen LogP contribution is 2.23. The van der Waals surface area contributed by atoms with E-state index in [0.29, 0.717) is 10.6 Å². The van der Waals surface area contributed by atoms with Crippen LogP contribution in [0.2, 0.25) is 5.02 Å². The molecule has 0 bridgehead atoms. The number of amides is 1. The van der Waals surface area contributed by atoms with Crippen LogP contribution >= 0.6 is 11.6 Å². The molecule has 0 aliphatic rings. The molecule has 23 heavy (non-hydrogen) atoms. The topological polar surface area (TPSA) is 52.9 Å². The summed E-state index contributed by atoms with van der Waals surface area (Å²) in [5.41, 5.74) is 4.56. The van der Waals surface area contributed by atoms with Gasteiger partial charge in [0.2, 0.25) is 0 Å². The molecule has 2 aromatic carbocycles. The van der Waals surface area contributed by atoms with Crippen molar-refractivity contribution in [3.63, 3.8) is 0 Å². The standard InChI is InChI=1S/C19H17ClN2O/c1-12-7-13(2)18(14(3)8-12)22-19(23)16(11-21)9-15-5-4-6-17(20)10-15/h4-10H,1-3H3,(H,22,23)/b16-9+. The van der Waals surface area contributed by atoms with Crippen LogP contribution in [-0.4, -0.2) is 5.91 Å². The first-order valence-corrected chi connectivity index (χ1v) is 7.55. The minimum absolute atomic E-state index is 0.0339. The quantitative estimate of drug-likeness (QED) is 0.650. The number of aryl methyl sites for hydroxylation is 3. The number of rotatable bonds is 3. The molecule has 0 atom stereocenters. The molecule has 0 saturated carbocycles. The van der Waals surface area contributed by atoms with Gasteiger partial charge in [-0.3, -0.25) is 4.79 Å². The maximum Gasteiger partial charge on any atom is 0.266 e. The molecule has 3 nitrogen and oxygen atoms in total. The highest BCUT2D eigenvalue weighted by atomic mass is 35.5. The summed E-state index contributed by atoms with van der Waals surface area (Å²) in [6.45, 7) is 5.87. The van der Waals surface area contributed by atoms with Crippen molar-refractivity contribution in [3.8, 4) is 6.07 Å². The fourth-order valence-electron chi connectivity index (χ4n) is 2.47. The van der Waals surface area contributed by atoms with E-state index >= 15 is 0 Å². The Bertz CT molecular complexity index is 808. The van der Waals surface area contributed by atoms with Crippen molar-refractivity contribution >= 4 is 29.3 Å². The van der Waals surface area contributed by atoms with E-state index in [1.807, 2.05) is 39.0 Å². The highest BCUT2D eigenvalue weighted by Gasteiger charge is 2.13. The lowest BCUT2D eigenvalue weighted by atomic mass is 10.0. The maximum atomic E-state index is 12.4. The van der Waals surface area contributed by atoms with Crippen LogP contribution in [0.5, 0.6) is 0 Å². The molecule has 116 valence electrons. The molecule has 0 aliphatic heterocycles. The molecular formula is C19H17ClN2O. The van der Waals surface area contributed by atoms with Crippen molar-refractivity contribution in [1.82, 2.24) is 0 Å². The SMILES string of the molecule is Cc1cc(C)c(NC(=O)/C(C#N)=C/c2cccc(Cl)c2)c(C)c1. The first-order chi connectivity index (χ1) is 10.9. The van der Waals surface area contributed by atoms with Crippen LogP contribution in [0.3, 0.4) is 0 Å². The smallest absolute Gasteiger partial charge is 0.266 e. The molecule has 4 heteroatoms. The van der Waals surface area contributed by atoms with E-state index in [-0.39, 0.29) is 5.57 Å². The van der Waals surface area contributed by atoms with Crippen LogP contribution in [0.25, 0.3) is 6.08 Å². The van der Waals surface area contributed by atoms with Crippen LogP contribution in [0.15, 0.2) is 42.0 Å². The average molecular weight is 325 g/mol. The number of carbonyl (C=O) groups excluding carboxylic acids is 1. The number of halogens is 1. The second kappa shape index (κ2) is 7.13. The van der Waals surface area contributed by atoms with Gasteiger partial charge in [0.25, 0.3) is 5.91 Å². The Morgan fingerprint density at radius 3 is 2.39 bits per heavy atom. The zero-order chi connectivity index (χ0) is 17.0. The van der Waals surface area contributed by atoms with Gasteiger partial charge in [0, 0.05) is 10.7 Å². The Morgan fingerprint density at radius 1 is 1.17 bits per heavy atom. The van der Waals surface area contributed by atoms with Crippen molar-refractivity contribution in [1.29, 1.82) is 5.26 Å². The number of nitrogens with zero attached hydrogens (tertiary/aromatic N) is 1. The summed E-state index contributed by atoms with van der Waals surface area (Å²) in [5.74, 6) is -0.428. The van der Waals surface area contributed by atoms with Gasteiger partial charge in [-0.05, 0) is 55.7 Å². The summed E-state index contributed by atoms with van der Waals surface area (Å²) < 4.78 is 0. The third kappa shape index (κ3) is 4.21. The zero-order valence-electron chi connectivity index (χ0n) is 13.3. The first-order valence-electron chi connectivity index (χ1n) is 7.17. The van der Waals surface area contributed by atoms with Gasteiger partial charge in [-0.1, -0.05) is 41.4 Å². The second-order valence-corrected chi connectivity index (χ2v) is 5.89. The molecule has 0 fully saturated rings. The largest absolute Gasteiger partial charge is 0.321 e. The van der Waals surface area contributed by atoms with Crippen molar-refractivity contribution in [2.45, 2.75) is 20.8 Å². The van der Waals surface area contributed by atoms with Gasteiger partial charge in [0.05, 0.1) is 0 Å². The maximum absolute atomic E-state index is 12.4. The summed E-state index contributed by atoms with van der Waals surface area (Å²) in [5, 5.41) is 12.7. The van der Waals surface area contributed by atoms with E-state index in [2.05, 4.69) is 5.32 Å². The minimum atomic E-state index is -0.428. The molecule has 2 rings (SSSR count). The molecule has 1 N–H and O–H groups in total. The van der Waals surface area contributed by atoms with Crippen LogP contribution in [0.4, 0.5) is 5.69 Å². The number of hydrogen-bond donors (Lipinski definition) is 1. The molecule has 0 aromatic heterocycles. The molecule has 0 saturated heterocycles. The Morgan fingerprint density at radius 2 is 1.83 bits per heavy atom. The van der Waals surface area contributed by atoms with Gasteiger partial charge in [-0.15, -0.1) is 0 Å². The van der Waals surface area contributed by atoms with Gasteiger partial charge in [-0.2, -0.15) is 5.26 Å². The van der Waals surface area contributed by atoms with Crippen LogP contribution in [0, 0.1) is 32.1 Å². The van der Waals surface area contributed by atoms with Crippen molar-refractivity contribution in [2.75, 3.05) is 5.32 Å². The van der Waals surface area contributed by atoms with E-state index in [0.717, 1.165) is 22.4 Å².